The van der Waals surface area contributed by atoms with Crippen molar-refractivity contribution in [2.24, 2.45) is 5.92 Å². The summed E-state index contributed by atoms with van der Waals surface area (Å²) in [6, 6.07) is 7.52. The van der Waals surface area contributed by atoms with Crippen molar-refractivity contribution in [1.29, 1.82) is 0 Å². The maximum Gasteiger partial charge on any atom is 0.274 e. The number of nitrogens with zero attached hydrogens (tertiary/aromatic N) is 3. The minimum absolute atomic E-state index is 0.000952. The smallest absolute Gasteiger partial charge is 0.274 e. The first kappa shape index (κ1) is 22.3. The molecule has 4 rings (SSSR count). The first-order valence-corrected chi connectivity index (χ1v) is 10.9. The van der Waals surface area contributed by atoms with Crippen LogP contribution in [0.5, 0.6) is 0 Å². The summed E-state index contributed by atoms with van der Waals surface area (Å²) >= 11 is 0. The molecule has 3 aromatic rings. The summed E-state index contributed by atoms with van der Waals surface area (Å²) in [5.74, 6) is 0.0181. The zero-order chi connectivity index (χ0) is 23.0. The van der Waals surface area contributed by atoms with Crippen molar-refractivity contribution in [2.45, 2.75) is 64.6 Å². The van der Waals surface area contributed by atoms with Gasteiger partial charge in [0.05, 0.1) is 22.9 Å². The number of halogens is 3. The van der Waals surface area contributed by atoms with Crippen LogP contribution in [-0.4, -0.2) is 20.7 Å². The maximum atomic E-state index is 14.2. The zero-order valence-electron chi connectivity index (χ0n) is 18.4. The van der Waals surface area contributed by atoms with E-state index in [1.54, 1.807) is 0 Å². The fourth-order valence-corrected chi connectivity index (χ4v) is 4.17. The highest BCUT2D eigenvalue weighted by atomic mass is 19.3. The van der Waals surface area contributed by atoms with Crippen LogP contribution in [0.2, 0.25) is 0 Å². The fraction of sp³-hybridized carbons (Fsp3) is 0.458. The van der Waals surface area contributed by atoms with Crippen molar-refractivity contribution in [2.75, 3.05) is 5.32 Å². The number of anilines is 1. The molecule has 2 aromatic heterocycles. The minimum Gasteiger partial charge on any atom is -0.320 e. The fourth-order valence-electron chi connectivity index (χ4n) is 4.17. The van der Waals surface area contributed by atoms with E-state index in [2.05, 4.69) is 22.3 Å². The van der Waals surface area contributed by atoms with Gasteiger partial charge in [0.1, 0.15) is 11.4 Å². The van der Waals surface area contributed by atoms with Gasteiger partial charge in [-0.3, -0.25) is 9.48 Å². The molecule has 32 heavy (non-hydrogen) atoms. The SMILES string of the molecule is CC(C)(F)c1cccc(C(=O)Nc2cc3cn([C@H]4CC[C@H](C)CC4)nc3cc2C(F)F)n1. The predicted molar refractivity (Wildman–Crippen MR) is 118 cm³/mol. The van der Waals surface area contributed by atoms with Crippen LogP contribution in [0.25, 0.3) is 10.9 Å². The van der Waals surface area contributed by atoms with E-state index in [4.69, 9.17) is 0 Å². The summed E-state index contributed by atoms with van der Waals surface area (Å²) in [5, 5.41) is 7.75. The van der Waals surface area contributed by atoms with Gasteiger partial charge in [0.25, 0.3) is 12.3 Å². The molecule has 1 aliphatic rings. The summed E-state index contributed by atoms with van der Waals surface area (Å²) in [5.41, 5.74) is -1.51. The van der Waals surface area contributed by atoms with Gasteiger partial charge in [-0.25, -0.2) is 18.2 Å². The Labute approximate surface area is 185 Å². The zero-order valence-corrected chi connectivity index (χ0v) is 18.4. The molecule has 0 spiro atoms. The second kappa shape index (κ2) is 8.56. The van der Waals surface area contributed by atoms with E-state index in [1.165, 1.54) is 44.2 Å². The van der Waals surface area contributed by atoms with E-state index in [0.717, 1.165) is 25.7 Å². The summed E-state index contributed by atoms with van der Waals surface area (Å²) in [7, 11) is 0. The van der Waals surface area contributed by atoms with Gasteiger partial charge in [-0.05, 0) is 69.7 Å². The highest BCUT2D eigenvalue weighted by Gasteiger charge is 2.24. The number of rotatable bonds is 5. The number of aromatic nitrogens is 3. The van der Waals surface area contributed by atoms with E-state index in [1.807, 2.05) is 10.9 Å². The monoisotopic (exact) mass is 444 g/mol. The van der Waals surface area contributed by atoms with Crippen LogP contribution in [0.4, 0.5) is 18.9 Å². The number of benzene rings is 1. The second-order valence-electron chi connectivity index (χ2n) is 9.16. The molecule has 1 amide bonds. The molecule has 0 atom stereocenters. The Balaban J connectivity index is 1.64. The standard InChI is InChI=1S/C24H27F3N4O/c1-14-7-9-16(10-8-14)31-13-15-11-20(17(22(25)26)12-19(15)30-31)29-23(32)18-5-4-6-21(28-18)24(2,3)27/h4-6,11-14,16,22H,7-10H2,1-3H3,(H,29,32)/t14-,16-. The van der Waals surface area contributed by atoms with Gasteiger partial charge < -0.3 is 5.32 Å². The normalized spacial score (nSPS) is 19.5. The minimum atomic E-state index is -2.79. The number of hydrogen-bond donors (Lipinski definition) is 1. The summed E-state index contributed by atoms with van der Waals surface area (Å²) < 4.78 is 43.6. The molecule has 1 aliphatic carbocycles. The molecule has 170 valence electrons. The highest BCUT2D eigenvalue weighted by Crippen LogP contribution is 2.35. The van der Waals surface area contributed by atoms with Crippen molar-refractivity contribution >= 4 is 22.5 Å². The van der Waals surface area contributed by atoms with E-state index >= 15 is 0 Å². The van der Waals surface area contributed by atoms with Gasteiger partial charge in [-0.2, -0.15) is 5.10 Å². The van der Waals surface area contributed by atoms with E-state index < -0.39 is 18.0 Å². The van der Waals surface area contributed by atoms with Crippen molar-refractivity contribution < 1.29 is 18.0 Å². The molecule has 0 bridgehead atoms. The Morgan fingerprint density at radius 3 is 2.56 bits per heavy atom. The number of amides is 1. The summed E-state index contributed by atoms with van der Waals surface area (Å²) in [4.78, 5) is 16.8. The van der Waals surface area contributed by atoms with Crippen LogP contribution in [0, 0.1) is 5.92 Å². The molecular formula is C24H27F3N4O. The highest BCUT2D eigenvalue weighted by molar-refractivity contribution is 6.04. The Morgan fingerprint density at radius 1 is 1.19 bits per heavy atom. The van der Waals surface area contributed by atoms with Crippen LogP contribution in [0.15, 0.2) is 36.5 Å². The largest absolute Gasteiger partial charge is 0.320 e. The molecule has 2 heterocycles. The third kappa shape index (κ3) is 4.64. The number of hydrogen-bond acceptors (Lipinski definition) is 3. The summed E-state index contributed by atoms with van der Waals surface area (Å²) in [6.07, 6.45) is 3.31. The van der Waals surface area contributed by atoms with Gasteiger partial charge in [-0.1, -0.05) is 13.0 Å². The lowest BCUT2D eigenvalue weighted by atomic mass is 9.87. The van der Waals surface area contributed by atoms with Gasteiger partial charge in [0.15, 0.2) is 0 Å². The van der Waals surface area contributed by atoms with Crippen LogP contribution in [0.1, 0.15) is 80.7 Å². The van der Waals surface area contributed by atoms with Crippen LogP contribution in [0.3, 0.4) is 0 Å². The number of carbonyl (C=O) groups is 1. The first-order valence-electron chi connectivity index (χ1n) is 10.9. The molecule has 0 unspecified atom stereocenters. The van der Waals surface area contributed by atoms with Crippen LogP contribution in [-0.2, 0) is 5.67 Å². The van der Waals surface area contributed by atoms with Gasteiger partial charge in [0.2, 0.25) is 0 Å². The van der Waals surface area contributed by atoms with Crippen LogP contribution >= 0.6 is 0 Å². The number of alkyl halides is 3. The maximum absolute atomic E-state index is 14.2. The van der Waals surface area contributed by atoms with Crippen molar-refractivity contribution in [3.05, 3.63) is 53.5 Å². The quantitative estimate of drug-likeness (QED) is 0.484. The average Bonchev–Trinajstić information content (AvgIpc) is 3.16. The van der Waals surface area contributed by atoms with Crippen molar-refractivity contribution in [1.82, 2.24) is 14.8 Å². The lowest BCUT2D eigenvalue weighted by molar-refractivity contribution is 0.102. The second-order valence-corrected chi connectivity index (χ2v) is 9.16. The Kier molecular flexibility index (Phi) is 5.97. The van der Waals surface area contributed by atoms with Gasteiger partial charge in [0, 0.05) is 17.1 Å². The van der Waals surface area contributed by atoms with Gasteiger partial charge in [-0.15, -0.1) is 0 Å². The predicted octanol–water partition coefficient (Wildman–Crippen LogP) is 6.58. The Morgan fingerprint density at radius 2 is 1.91 bits per heavy atom. The molecular weight excluding hydrogens is 417 g/mol. The van der Waals surface area contributed by atoms with E-state index in [0.29, 0.717) is 16.8 Å². The molecule has 0 saturated heterocycles. The molecule has 1 aromatic carbocycles. The lowest BCUT2D eigenvalue weighted by Gasteiger charge is -2.26. The van der Waals surface area contributed by atoms with E-state index in [-0.39, 0.29) is 28.7 Å². The molecule has 1 saturated carbocycles. The molecule has 0 aliphatic heterocycles. The third-order valence-electron chi connectivity index (χ3n) is 6.13. The number of carbonyl (C=O) groups excluding carboxylic acids is 1. The first-order chi connectivity index (χ1) is 15.1. The number of fused-ring (bicyclic) bond motifs is 1. The number of nitrogens with one attached hydrogen (secondary N) is 1. The number of pyridine rings is 1. The van der Waals surface area contributed by atoms with Crippen molar-refractivity contribution in [3.8, 4) is 0 Å². The average molecular weight is 445 g/mol. The van der Waals surface area contributed by atoms with E-state index in [9.17, 15) is 18.0 Å². The van der Waals surface area contributed by atoms with Crippen molar-refractivity contribution in [3.63, 3.8) is 0 Å². The summed E-state index contributed by atoms with van der Waals surface area (Å²) in [6.45, 7) is 4.91. The molecule has 1 fully saturated rings. The third-order valence-corrected chi connectivity index (χ3v) is 6.13. The van der Waals surface area contributed by atoms with Gasteiger partial charge >= 0.3 is 0 Å². The molecule has 5 nitrogen and oxygen atoms in total. The molecule has 0 radical (unpaired) electrons. The topological polar surface area (TPSA) is 59.8 Å². The molecule has 8 heteroatoms. The Bertz CT molecular complexity index is 1130. The Hall–Kier alpha value is -2.90. The lowest BCUT2D eigenvalue weighted by Crippen LogP contribution is -2.18. The van der Waals surface area contributed by atoms with Crippen LogP contribution < -0.4 is 5.32 Å². The molecule has 1 N–H and O–H groups in total.